The first-order valence-electron chi connectivity index (χ1n) is 5.70. The number of imidazole rings is 1. The second-order valence-corrected chi connectivity index (χ2v) is 4.11. The summed E-state index contributed by atoms with van der Waals surface area (Å²) in [5, 5.41) is 0. The zero-order chi connectivity index (χ0) is 14.0. The monoisotopic (exact) mass is 263 g/mol. The van der Waals surface area contributed by atoms with Crippen LogP contribution in [0.4, 0.5) is 10.2 Å². The van der Waals surface area contributed by atoms with E-state index in [1.54, 1.807) is 16.7 Å². The zero-order valence-electron chi connectivity index (χ0n) is 10.6. The number of methoxy groups -OCH3 is 1. The van der Waals surface area contributed by atoms with Crippen molar-refractivity contribution in [2.45, 2.75) is 13.0 Å². The van der Waals surface area contributed by atoms with Gasteiger partial charge in [0, 0.05) is 0 Å². The van der Waals surface area contributed by atoms with E-state index in [1.165, 1.54) is 25.6 Å². The van der Waals surface area contributed by atoms with Crippen LogP contribution in [-0.2, 0) is 4.74 Å². The molecule has 0 spiro atoms. The van der Waals surface area contributed by atoms with Crippen LogP contribution in [0.5, 0.6) is 0 Å². The first-order chi connectivity index (χ1) is 9.04. The molecule has 100 valence electrons. The maximum Gasteiger partial charge on any atom is 0.360 e. The molecule has 0 saturated carbocycles. The quantitative estimate of drug-likeness (QED) is 0.860. The fourth-order valence-corrected chi connectivity index (χ4v) is 1.86. The van der Waals surface area contributed by atoms with E-state index in [-0.39, 0.29) is 23.4 Å². The lowest BCUT2D eigenvalue weighted by Crippen LogP contribution is -2.12. The molecule has 0 aliphatic carbocycles. The molecule has 0 aliphatic heterocycles. The number of benzene rings is 1. The van der Waals surface area contributed by atoms with Crippen LogP contribution in [0.15, 0.2) is 30.6 Å². The van der Waals surface area contributed by atoms with Crippen molar-refractivity contribution in [1.29, 1.82) is 0 Å². The Kier molecular flexibility index (Phi) is 3.50. The van der Waals surface area contributed by atoms with Gasteiger partial charge in [-0.3, -0.25) is 0 Å². The number of nitrogens with zero attached hydrogens (tertiary/aromatic N) is 2. The largest absolute Gasteiger partial charge is 0.464 e. The summed E-state index contributed by atoms with van der Waals surface area (Å²) in [4.78, 5) is 15.3. The molecule has 0 bridgehead atoms. The molecule has 19 heavy (non-hydrogen) atoms. The van der Waals surface area contributed by atoms with Gasteiger partial charge >= 0.3 is 5.97 Å². The van der Waals surface area contributed by atoms with E-state index in [1.807, 2.05) is 6.92 Å². The lowest BCUT2D eigenvalue weighted by molar-refractivity contribution is 0.0596. The highest BCUT2D eigenvalue weighted by Gasteiger charge is 2.19. The molecule has 1 aromatic heterocycles. The first-order valence-corrected chi connectivity index (χ1v) is 5.70. The standard InChI is InChI=1S/C13H14FN3O2/c1-8(9-4-3-5-10(14)6-9)17-7-16-11(12(17)15)13(18)19-2/h3-8H,15H2,1-2H3. The molecule has 5 nitrogen and oxygen atoms in total. The number of hydrogen-bond acceptors (Lipinski definition) is 4. The van der Waals surface area contributed by atoms with Crippen molar-refractivity contribution in [3.63, 3.8) is 0 Å². The second-order valence-electron chi connectivity index (χ2n) is 4.11. The lowest BCUT2D eigenvalue weighted by Gasteiger charge is -2.15. The summed E-state index contributed by atoms with van der Waals surface area (Å²) in [6.07, 6.45) is 1.44. The third kappa shape index (κ3) is 2.42. The molecule has 0 aliphatic rings. The normalized spacial score (nSPS) is 12.2. The summed E-state index contributed by atoms with van der Waals surface area (Å²) in [5.74, 6) is -0.720. The summed E-state index contributed by atoms with van der Waals surface area (Å²) < 4.78 is 19.4. The smallest absolute Gasteiger partial charge is 0.360 e. The Bertz CT molecular complexity index is 610. The van der Waals surface area contributed by atoms with Crippen LogP contribution < -0.4 is 5.73 Å². The molecule has 1 heterocycles. The first kappa shape index (κ1) is 13.1. The van der Waals surface area contributed by atoms with E-state index in [4.69, 9.17) is 5.73 Å². The predicted molar refractivity (Wildman–Crippen MR) is 68.2 cm³/mol. The van der Waals surface area contributed by atoms with Gasteiger partial charge in [0.25, 0.3) is 0 Å². The fraction of sp³-hybridized carbons (Fsp3) is 0.231. The highest BCUT2D eigenvalue weighted by molar-refractivity contribution is 5.92. The number of hydrogen-bond donors (Lipinski definition) is 1. The van der Waals surface area contributed by atoms with Crippen molar-refractivity contribution in [2.75, 3.05) is 12.8 Å². The van der Waals surface area contributed by atoms with E-state index in [9.17, 15) is 9.18 Å². The predicted octanol–water partition coefficient (Wildman–Crippen LogP) is 2.00. The van der Waals surface area contributed by atoms with Crippen LogP contribution in [0.2, 0.25) is 0 Å². The molecule has 1 aromatic carbocycles. The minimum Gasteiger partial charge on any atom is -0.464 e. The number of ether oxygens (including phenoxy) is 1. The van der Waals surface area contributed by atoms with E-state index in [2.05, 4.69) is 9.72 Å². The molecule has 0 amide bonds. The molecular weight excluding hydrogens is 249 g/mol. The minimum absolute atomic E-state index is 0.0609. The number of carbonyl (C=O) groups is 1. The van der Waals surface area contributed by atoms with Crippen LogP contribution in [-0.4, -0.2) is 22.6 Å². The molecule has 6 heteroatoms. The van der Waals surface area contributed by atoms with E-state index in [0.29, 0.717) is 0 Å². The zero-order valence-corrected chi connectivity index (χ0v) is 10.6. The van der Waals surface area contributed by atoms with Crippen molar-refractivity contribution in [1.82, 2.24) is 9.55 Å². The van der Waals surface area contributed by atoms with Gasteiger partial charge in [0.05, 0.1) is 19.5 Å². The molecule has 2 rings (SSSR count). The molecule has 0 saturated heterocycles. The van der Waals surface area contributed by atoms with Crippen molar-refractivity contribution in [3.8, 4) is 0 Å². The minimum atomic E-state index is -0.595. The van der Waals surface area contributed by atoms with Gasteiger partial charge < -0.3 is 15.0 Å². The van der Waals surface area contributed by atoms with Crippen LogP contribution in [0, 0.1) is 5.82 Å². The Morgan fingerprint density at radius 2 is 2.26 bits per heavy atom. The highest BCUT2D eigenvalue weighted by Crippen LogP contribution is 2.23. The average Bonchev–Trinajstić information content (AvgIpc) is 2.79. The van der Waals surface area contributed by atoms with Gasteiger partial charge in [0.2, 0.25) is 0 Å². The maximum absolute atomic E-state index is 13.2. The second kappa shape index (κ2) is 5.09. The lowest BCUT2D eigenvalue weighted by atomic mass is 10.1. The van der Waals surface area contributed by atoms with E-state index in [0.717, 1.165) is 5.56 Å². The number of carbonyl (C=O) groups excluding carboxylic acids is 1. The number of nitrogen functional groups attached to an aromatic ring is 1. The molecule has 2 aromatic rings. The molecule has 0 fully saturated rings. The Morgan fingerprint density at radius 3 is 2.89 bits per heavy atom. The van der Waals surface area contributed by atoms with Crippen LogP contribution >= 0.6 is 0 Å². The van der Waals surface area contributed by atoms with Gasteiger partial charge in [-0.15, -0.1) is 0 Å². The molecule has 2 N–H and O–H groups in total. The Balaban J connectivity index is 2.37. The van der Waals surface area contributed by atoms with Gasteiger partial charge in [-0.1, -0.05) is 12.1 Å². The van der Waals surface area contributed by atoms with Crippen LogP contribution in [0.25, 0.3) is 0 Å². The summed E-state index contributed by atoms with van der Waals surface area (Å²) in [7, 11) is 1.26. The topological polar surface area (TPSA) is 70.1 Å². The molecule has 1 atom stereocenters. The number of rotatable bonds is 3. The third-order valence-corrected chi connectivity index (χ3v) is 2.96. The van der Waals surface area contributed by atoms with Gasteiger partial charge in [0.1, 0.15) is 11.6 Å². The SMILES string of the molecule is COC(=O)c1ncn(C(C)c2cccc(F)c2)c1N. The fourth-order valence-electron chi connectivity index (χ4n) is 1.86. The van der Waals surface area contributed by atoms with Crippen molar-refractivity contribution in [2.24, 2.45) is 0 Å². The third-order valence-electron chi connectivity index (χ3n) is 2.96. The Labute approximate surface area is 109 Å². The highest BCUT2D eigenvalue weighted by atomic mass is 19.1. The number of aromatic nitrogens is 2. The summed E-state index contributed by atoms with van der Waals surface area (Å²) in [5.41, 5.74) is 6.66. The number of esters is 1. The Morgan fingerprint density at radius 1 is 1.53 bits per heavy atom. The molecular formula is C13H14FN3O2. The summed E-state index contributed by atoms with van der Waals surface area (Å²) >= 11 is 0. The summed E-state index contributed by atoms with van der Waals surface area (Å²) in [6, 6.07) is 5.96. The Hall–Kier alpha value is -2.37. The van der Waals surface area contributed by atoms with Crippen molar-refractivity contribution < 1.29 is 13.9 Å². The number of halogens is 1. The van der Waals surface area contributed by atoms with Crippen LogP contribution in [0.1, 0.15) is 29.0 Å². The van der Waals surface area contributed by atoms with Crippen molar-refractivity contribution in [3.05, 3.63) is 47.7 Å². The molecule has 0 radical (unpaired) electrons. The number of anilines is 1. The van der Waals surface area contributed by atoms with Gasteiger partial charge in [-0.2, -0.15) is 0 Å². The summed E-state index contributed by atoms with van der Waals surface area (Å²) in [6.45, 7) is 1.84. The maximum atomic E-state index is 13.2. The van der Waals surface area contributed by atoms with Gasteiger partial charge in [-0.25, -0.2) is 14.2 Å². The van der Waals surface area contributed by atoms with E-state index >= 15 is 0 Å². The van der Waals surface area contributed by atoms with E-state index < -0.39 is 5.97 Å². The average molecular weight is 263 g/mol. The van der Waals surface area contributed by atoms with Gasteiger partial charge in [-0.05, 0) is 24.6 Å². The number of nitrogens with two attached hydrogens (primary N) is 1. The van der Waals surface area contributed by atoms with Crippen LogP contribution in [0.3, 0.4) is 0 Å². The van der Waals surface area contributed by atoms with Gasteiger partial charge in [0.15, 0.2) is 5.69 Å². The molecule has 1 unspecified atom stereocenters. The van der Waals surface area contributed by atoms with Crippen molar-refractivity contribution >= 4 is 11.8 Å².